The molecule has 0 aliphatic rings. The van der Waals surface area contributed by atoms with Crippen molar-refractivity contribution in [2.75, 3.05) is 11.1 Å². The van der Waals surface area contributed by atoms with Crippen LogP contribution in [0.4, 0.5) is 11.5 Å². The van der Waals surface area contributed by atoms with E-state index in [1.54, 1.807) is 17.7 Å². The van der Waals surface area contributed by atoms with Crippen LogP contribution in [0.15, 0.2) is 41.4 Å². The van der Waals surface area contributed by atoms with Crippen molar-refractivity contribution in [3.05, 3.63) is 46.9 Å². The second-order valence-corrected chi connectivity index (χ2v) is 4.76. The summed E-state index contributed by atoms with van der Waals surface area (Å²) in [6.07, 6.45) is 1.56. The molecule has 0 saturated heterocycles. The predicted octanol–water partition coefficient (Wildman–Crippen LogP) is 2.89. The van der Waals surface area contributed by atoms with Crippen molar-refractivity contribution in [2.24, 2.45) is 0 Å². The number of nitrogen functional groups attached to an aromatic ring is 1. The third-order valence-corrected chi connectivity index (χ3v) is 3.43. The summed E-state index contributed by atoms with van der Waals surface area (Å²) < 4.78 is 0. The van der Waals surface area contributed by atoms with Crippen LogP contribution in [0, 0.1) is 0 Å². The molecule has 0 spiro atoms. The van der Waals surface area contributed by atoms with Gasteiger partial charge in [0.2, 0.25) is 0 Å². The average Bonchev–Trinajstić information content (AvgIpc) is 2.89. The van der Waals surface area contributed by atoms with Gasteiger partial charge in [0, 0.05) is 17.6 Å². The van der Waals surface area contributed by atoms with Crippen LogP contribution in [-0.4, -0.2) is 9.97 Å². The summed E-state index contributed by atoms with van der Waals surface area (Å²) in [7, 11) is 0. The average molecular weight is 256 g/mol. The number of nitrogens with zero attached hydrogens (tertiary/aromatic N) is 2. The molecule has 1 aromatic carbocycles. The molecule has 0 saturated carbocycles. The Morgan fingerprint density at radius 1 is 1.22 bits per heavy atom. The molecule has 2 heterocycles. The van der Waals surface area contributed by atoms with Gasteiger partial charge in [0.25, 0.3) is 0 Å². The van der Waals surface area contributed by atoms with Gasteiger partial charge in [0.15, 0.2) is 0 Å². The molecule has 3 aromatic rings. The summed E-state index contributed by atoms with van der Waals surface area (Å²) in [5, 5.41) is 8.45. The van der Waals surface area contributed by atoms with Gasteiger partial charge in [0.05, 0.1) is 5.52 Å². The lowest BCUT2D eigenvalue weighted by Gasteiger charge is -2.07. The van der Waals surface area contributed by atoms with E-state index in [1.165, 1.54) is 5.56 Å². The molecule has 2 aromatic heterocycles. The molecule has 3 rings (SSSR count). The molecule has 0 amide bonds. The predicted molar refractivity (Wildman–Crippen MR) is 75.6 cm³/mol. The summed E-state index contributed by atoms with van der Waals surface area (Å²) in [5.41, 5.74) is 8.66. The second kappa shape index (κ2) is 4.62. The Morgan fingerprint density at radius 3 is 3.00 bits per heavy atom. The normalized spacial score (nSPS) is 10.7. The molecule has 18 heavy (non-hydrogen) atoms. The standard InChI is InChI=1S/C13H12N4S/c14-10-1-2-12-11(5-10)13(17-8-16-12)15-6-9-3-4-18-7-9/h1-5,7-8H,6,14H2,(H,15,16,17). The number of nitrogens with two attached hydrogens (primary N) is 1. The van der Waals surface area contributed by atoms with Crippen molar-refractivity contribution in [3.8, 4) is 0 Å². The molecule has 0 atom stereocenters. The fourth-order valence-electron chi connectivity index (χ4n) is 1.79. The van der Waals surface area contributed by atoms with Crippen LogP contribution >= 0.6 is 11.3 Å². The van der Waals surface area contributed by atoms with Crippen molar-refractivity contribution in [1.82, 2.24) is 9.97 Å². The molecular weight excluding hydrogens is 244 g/mol. The van der Waals surface area contributed by atoms with Gasteiger partial charge < -0.3 is 11.1 Å². The number of hydrogen-bond donors (Lipinski definition) is 2. The molecule has 0 unspecified atom stereocenters. The number of rotatable bonds is 3. The van der Waals surface area contributed by atoms with Gasteiger partial charge in [-0.3, -0.25) is 0 Å². The Bertz CT molecular complexity index is 664. The van der Waals surface area contributed by atoms with Crippen molar-refractivity contribution in [3.63, 3.8) is 0 Å². The van der Waals surface area contributed by atoms with Crippen LogP contribution < -0.4 is 11.1 Å². The van der Waals surface area contributed by atoms with E-state index in [1.807, 2.05) is 18.2 Å². The van der Waals surface area contributed by atoms with Gasteiger partial charge >= 0.3 is 0 Å². The molecule has 0 aliphatic carbocycles. The third kappa shape index (κ3) is 2.12. The summed E-state index contributed by atoms with van der Waals surface area (Å²) in [6.45, 7) is 0.754. The minimum Gasteiger partial charge on any atom is -0.399 e. The lowest BCUT2D eigenvalue weighted by atomic mass is 10.2. The first-order valence-electron chi connectivity index (χ1n) is 5.58. The van der Waals surface area contributed by atoms with Crippen molar-refractivity contribution < 1.29 is 0 Å². The highest BCUT2D eigenvalue weighted by Gasteiger charge is 2.03. The van der Waals surface area contributed by atoms with Crippen LogP contribution in [0.25, 0.3) is 10.9 Å². The molecule has 0 fully saturated rings. The first kappa shape index (κ1) is 11.0. The molecule has 4 nitrogen and oxygen atoms in total. The first-order valence-corrected chi connectivity index (χ1v) is 6.52. The van der Waals surface area contributed by atoms with E-state index < -0.39 is 0 Å². The largest absolute Gasteiger partial charge is 0.399 e. The molecule has 5 heteroatoms. The van der Waals surface area contributed by atoms with Crippen LogP contribution in [0.3, 0.4) is 0 Å². The molecule has 0 bridgehead atoms. The second-order valence-electron chi connectivity index (χ2n) is 3.98. The number of benzene rings is 1. The number of fused-ring (bicyclic) bond motifs is 1. The Balaban J connectivity index is 1.93. The zero-order valence-electron chi connectivity index (χ0n) is 9.63. The quantitative estimate of drug-likeness (QED) is 0.707. The smallest absolute Gasteiger partial charge is 0.137 e. The third-order valence-electron chi connectivity index (χ3n) is 2.70. The van der Waals surface area contributed by atoms with Crippen LogP contribution in [-0.2, 0) is 6.54 Å². The van der Waals surface area contributed by atoms with Crippen molar-refractivity contribution in [2.45, 2.75) is 6.54 Å². The van der Waals surface area contributed by atoms with E-state index in [0.29, 0.717) is 0 Å². The highest BCUT2D eigenvalue weighted by Crippen LogP contribution is 2.22. The first-order chi connectivity index (χ1) is 8.83. The SMILES string of the molecule is Nc1ccc2ncnc(NCc3ccsc3)c2c1. The van der Waals surface area contributed by atoms with Crippen molar-refractivity contribution >= 4 is 33.7 Å². The van der Waals surface area contributed by atoms with Crippen molar-refractivity contribution in [1.29, 1.82) is 0 Å². The molecule has 0 radical (unpaired) electrons. The van der Waals surface area contributed by atoms with E-state index in [2.05, 4.69) is 32.1 Å². The van der Waals surface area contributed by atoms with Crippen LogP contribution in [0.5, 0.6) is 0 Å². The molecule has 0 aliphatic heterocycles. The zero-order valence-corrected chi connectivity index (χ0v) is 10.4. The van der Waals surface area contributed by atoms with Gasteiger partial charge in [-0.05, 0) is 40.6 Å². The number of aromatic nitrogens is 2. The topological polar surface area (TPSA) is 63.8 Å². The van der Waals surface area contributed by atoms with E-state index >= 15 is 0 Å². The van der Waals surface area contributed by atoms with Gasteiger partial charge in [0.1, 0.15) is 12.1 Å². The zero-order chi connectivity index (χ0) is 12.4. The number of anilines is 2. The summed E-state index contributed by atoms with van der Waals surface area (Å²) in [5.74, 6) is 0.818. The Labute approximate surface area is 109 Å². The van der Waals surface area contributed by atoms with Crippen LogP contribution in [0.1, 0.15) is 5.56 Å². The van der Waals surface area contributed by atoms with Gasteiger partial charge in [-0.1, -0.05) is 0 Å². The maximum absolute atomic E-state index is 5.80. The van der Waals surface area contributed by atoms with E-state index in [-0.39, 0.29) is 0 Å². The van der Waals surface area contributed by atoms with Gasteiger partial charge in [-0.25, -0.2) is 9.97 Å². The fraction of sp³-hybridized carbons (Fsp3) is 0.0769. The molecule has 3 N–H and O–H groups in total. The maximum Gasteiger partial charge on any atom is 0.137 e. The number of hydrogen-bond acceptors (Lipinski definition) is 5. The van der Waals surface area contributed by atoms with Gasteiger partial charge in [-0.15, -0.1) is 0 Å². The highest BCUT2D eigenvalue weighted by atomic mass is 32.1. The van der Waals surface area contributed by atoms with E-state index in [9.17, 15) is 0 Å². The minimum atomic E-state index is 0.718. The number of nitrogens with one attached hydrogen (secondary N) is 1. The Hall–Kier alpha value is -2.14. The van der Waals surface area contributed by atoms with Gasteiger partial charge in [-0.2, -0.15) is 11.3 Å². The van der Waals surface area contributed by atoms with E-state index in [0.717, 1.165) is 29.0 Å². The lowest BCUT2D eigenvalue weighted by Crippen LogP contribution is -2.02. The minimum absolute atomic E-state index is 0.718. The summed E-state index contributed by atoms with van der Waals surface area (Å²) >= 11 is 1.69. The Kier molecular flexibility index (Phi) is 2.82. The summed E-state index contributed by atoms with van der Waals surface area (Å²) in [4.78, 5) is 8.50. The maximum atomic E-state index is 5.80. The van der Waals surface area contributed by atoms with E-state index in [4.69, 9.17) is 5.73 Å². The Morgan fingerprint density at radius 2 is 2.17 bits per heavy atom. The number of thiophene rings is 1. The summed E-state index contributed by atoms with van der Waals surface area (Å²) in [6, 6.07) is 7.74. The van der Waals surface area contributed by atoms with Crippen LogP contribution in [0.2, 0.25) is 0 Å². The fourth-order valence-corrected chi connectivity index (χ4v) is 2.46. The lowest BCUT2D eigenvalue weighted by molar-refractivity contribution is 1.11. The molecule has 90 valence electrons. The highest BCUT2D eigenvalue weighted by molar-refractivity contribution is 7.07. The molecular formula is C13H12N4S. The monoisotopic (exact) mass is 256 g/mol.